The van der Waals surface area contributed by atoms with Gasteiger partial charge in [0.05, 0.1) is 6.61 Å². The molecule has 1 rings (SSSR count). The summed E-state index contributed by atoms with van der Waals surface area (Å²) in [4.78, 5) is 0. The Morgan fingerprint density at radius 3 is 2.37 bits per heavy atom. The second-order valence-corrected chi connectivity index (χ2v) is 4.39. The molecule has 0 bridgehead atoms. The number of benzene rings is 1. The Morgan fingerprint density at radius 2 is 1.84 bits per heavy atom. The third-order valence-corrected chi connectivity index (χ3v) is 2.69. The van der Waals surface area contributed by atoms with Gasteiger partial charge in [-0.2, -0.15) is 0 Å². The van der Waals surface area contributed by atoms with Crippen LogP contribution in [0.4, 0.5) is 0 Å². The molecule has 0 saturated carbocycles. The first-order valence-corrected chi connectivity index (χ1v) is 6.39. The maximum atomic E-state index is 8.68. The van der Waals surface area contributed by atoms with Crippen molar-refractivity contribution in [2.75, 3.05) is 19.8 Å². The molecule has 0 aliphatic rings. The summed E-state index contributed by atoms with van der Waals surface area (Å²) in [6.07, 6.45) is 1.01. The number of nitrogens with zero attached hydrogens (tertiary/aromatic N) is 1. The summed E-state index contributed by atoms with van der Waals surface area (Å²) in [5, 5.41) is 11.7. The van der Waals surface area contributed by atoms with E-state index >= 15 is 0 Å². The Kier molecular flexibility index (Phi) is 6.15. The van der Waals surface area contributed by atoms with Crippen LogP contribution in [0.3, 0.4) is 0 Å². The van der Waals surface area contributed by atoms with Gasteiger partial charge in [0, 0.05) is 12.2 Å². The van der Waals surface area contributed by atoms with Gasteiger partial charge in [0.15, 0.2) is 5.84 Å². The van der Waals surface area contributed by atoms with Gasteiger partial charge < -0.3 is 20.4 Å². The fourth-order valence-electron chi connectivity index (χ4n) is 1.83. The SMILES string of the molecule is CCCOCCOc1c(C)cc(C(N)=NO)cc1C. The average Bonchev–Trinajstić information content (AvgIpc) is 2.40. The van der Waals surface area contributed by atoms with Crippen LogP contribution in [0.5, 0.6) is 5.75 Å². The zero-order chi connectivity index (χ0) is 14.3. The monoisotopic (exact) mass is 266 g/mol. The van der Waals surface area contributed by atoms with Crippen molar-refractivity contribution >= 4 is 5.84 Å². The Bertz CT molecular complexity index is 421. The zero-order valence-corrected chi connectivity index (χ0v) is 11.8. The molecule has 5 heteroatoms. The topological polar surface area (TPSA) is 77.1 Å². The van der Waals surface area contributed by atoms with E-state index in [1.54, 1.807) is 0 Å². The van der Waals surface area contributed by atoms with Crippen molar-refractivity contribution in [1.82, 2.24) is 0 Å². The van der Waals surface area contributed by atoms with Crippen LogP contribution >= 0.6 is 0 Å². The van der Waals surface area contributed by atoms with Crippen LogP contribution in [0.1, 0.15) is 30.0 Å². The molecule has 5 nitrogen and oxygen atoms in total. The van der Waals surface area contributed by atoms with Crippen molar-refractivity contribution < 1.29 is 14.7 Å². The minimum absolute atomic E-state index is 0.101. The largest absolute Gasteiger partial charge is 0.491 e. The molecule has 0 aliphatic heterocycles. The molecule has 0 fully saturated rings. The third kappa shape index (κ3) is 4.44. The van der Waals surface area contributed by atoms with Gasteiger partial charge in [0.25, 0.3) is 0 Å². The highest BCUT2D eigenvalue weighted by Gasteiger charge is 2.08. The molecule has 0 aromatic heterocycles. The number of rotatable bonds is 7. The summed E-state index contributed by atoms with van der Waals surface area (Å²) in [5.41, 5.74) is 8.17. The van der Waals surface area contributed by atoms with Crippen molar-refractivity contribution in [1.29, 1.82) is 0 Å². The summed E-state index contributed by atoms with van der Waals surface area (Å²) in [5.74, 6) is 0.929. The Balaban J connectivity index is 2.69. The third-order valence-electron chi connectivity index (χ3n) is 2.69. The second kappa shape index (κ2) is 7.63. The van der Waals surface area contributed by atoms with Crippen LogP contribution < -0.4 is 10.5 Å². The summed E-state index contributed by atoms with van der Waals surface area (Å²) in [6, 6.07) is 3.68. The summed E-state index contributed by atoms with van der Waals surface area (Å²) in [6.45, 7) is 7.79. The fraction of sp³-hybridized carbons (Fsp3) is 0.500. The molecular weight excluding hydrogens is 244 g/mol. The predicted molar refractivity (Wildman–Crippen MR) is 75.0 cm³/mol. The number of oxime groups is 1. The molecule has 0 radical (unpaired) electrons. The number of hydrogen-bond acceptors (Lipinski definition) is 4. The van der Waals surface area contributed by atoms with Crippen LogP contribution in [0.15, 0.2) is 17.3 Å². The molecule has 0 aliphatic carbocycles. The first-order chi connectivity index (χ1) is 9.10. The highest BCUT2D eigenvalue weighted by atomic mass is 16.5. The smallest absolute Gasteiger partial charge is 0.170 e. The summed E-state index contributed by atoms with van der Waals surface area (Å²) >= 11 is 0. The number of nitrogens with two attached hydrogens (primary N) is 1. The maximum absolute atomic E-state index is 8.68. The summed E-state index contributed by atoms with van der Waals surface area (Å²) in [7, 11) is 0. The van der Waals surface area contributed by atoms with Crippen molar-refractivity contribution in [2.24, 2.45) is 10.9 Å². The number of aryl methyl sites for hydroxylation is 2. The lowest BCUT2D eigenvalue weighted by Crippen LogP contribution is -2.14. The maximum Gasteiger partial charge on any atom is 0.170 e. The van der Waals surface area contributed by atoms with Crippen molar-refractivity contribution in [3.05, 3.63) is 28.8 Å². The van der Waals surface area contributed by atoms with Gasteiger partial charge >= 0.3 is 0 Å². The molecule has 0 heterocycles. The Labute approximate surface area is 114 Å². The van der Waals surface area contributed by atoms with E-state index in [1.807, 2.05) is 26.0 Å². The van der Waals surface area contributed by atoms with Gasteiger partial charge in [0.1, 0.15) is 12.4 Å². The summed E-state index contributed by atoms with van der Waals surface area (Å²) < 4.78 is 11.1. The Morgan fingerprint density at radius 1 is 1.21 bits per heavy atom. The van der Waals surface area contributed by atoms with Gasteiger partial charge in [-0.1, -0.05) is 12.1 Å². The van der Waals surface area contributed by atoms with E-state index in [9.17, 15) is 0 Å². The number of amidine groups is 1. The predicted octanol–water partition coefficient (Wildman–Crippen LogP) is 2.20. The van der Waals surface area contributed by atoms with Gasteiger partial charge in [-0.15, -0.1) is 0 Å². The molecule has 0 saturated heterocycles. The van der Waals surface area contributed by atoms with E-state index in [1.165, 1.54) is 0 Å². The molecule has 0 amide bonds. The van der Waals surface area contributed by atoms with Crippen LogP contribution in [0.2, 0.25) is 0 Å². The normalized spacial score (nSPS) is 11.6. The van der Waals surface area contributed by atoms with Crippen LogP contribution in [0, 0.1) is 13.8 Å². The van der Waals surface area contributed by atoms with Crippen LogP contribution in [-0.2, 0) is 4.74 Å². The molecule has 3 N–H and O–H groups in total. The molecule has 19 heavy (non-hydrogen) atoms. The van der Waals surface area contributed by atoms with Crippen molar-refractivity contribution in [2.45, 2.75) is 27.2 Å². The fourth-order valence-corrected chi connectivity index (χ4v) is 1.83. The van der Waals surface area contributed by atoms with Gasteiger partial charge in [0.2, 0.25) is 0 Å². The van der Waals surface area contributed by atoms with Gasteiger partial charge in [-0.05, 0) is 43.5 Å². The first-order valence-electron chi connectivity index (χ1n) is 6.39. The quantitative estimate of drug-likeness (QED) is 0.261. The molecule has 1 aromatic carbocycles. The van der Waals surface area contributed by atoms with Crippen LogP contribution in [0.25, 0.3) is 0 Å². The zero-order valence-electron chi connectivity index (χ0n) is 11.8. The minimum Gasteiger partial charge on any atom is -0.491 e. The Hall–Kier alpha value is -1.75. The lowest BCUT2D eigenvalue weighted by Gasteiger charge is -2.13. The number of hydrogen-bond donors (Lipinski definition) is 2. The lowest BCUT2D eigenvalue weighted by molar-refractivity contribution is 0.100. The minimum atomic E-state index is 0.101. The van der Waals surface area contributed by atoms with Crippen molar-refractivity contribution in [3.8, 4) is 5.75 Å². The van der Waals surface area contributed by atoms with E-state index in [0.717, 1.165) is 29.9 Å². The highest BCUT2D eigenvalue weighted by Crippen LogP contribution is 2.24. The van der Waals surface area contributed by atoms with Gasteiger partial charge in [-0.25, -0.2) is 0 Å². The standard InChI is InChI=1S/C14H22N2O3/c1-4-5-18-6-7-19-13-10(2)8-12(9-11(13)3)14(15)16-17/h8-9,17H,4-7H2,1-3H3,(H2,15,16). The lowest BCUT2D eigenvalue weighted by atomic mass is 10.1. The average molecular weight is 266 g/mol. The number of ether oxygens (including phenoxy) is 2. The molecular formula is C14H22N2O3. The molecule has 106 valence electrons. The van der Waals surface area contributed by atoms with Gasteiger partial charge in [-0.3, -0.25) is 0 Å². The van der Waals surface area contributed by atoms with E-state index in [2.05, 4.69) is 12.1 Å². The molecule has 1 aromatic rings. The van der Waals surface area contributed by atoms with Crippen molar-refractivity contribution in [3.63, 3.8) is 0 Å². The second-order valence-electron chi connectivity index (χ2n) is 4.39. The highest BCUT2D eigenvalue weighted by molar-refractivity contribution is 5.97. The molecule has 0 atom stereocenters. The van der Waals surface area contributed by atoms with E-state index in [4.69, 9.17) is 20.4 Å². The molecule has 0 unspecified atom stereocenters. The molecule has 0 spiro atoms. The van der Waals surface area contributed by atoms with E-state index in [-0.39, 0.29) is 5.84 Å². The van der Waals surface area contributed by atoms with E-state index < -0.39 is 0 Å². The van der Waals surface area contributed by atoms with E-state index in [0.29, 0.717) is 18.8 Å². The first kappa shape index (κ1) is 15.3. The van der Waals surface area contributed by atoms with Crippen LogP contribution in [-0.4, -0.2) is 30.9 Å².